The number of thiophene rings is 1. The summed E-state index contributed by atoms with van der Waals surface area (Å²) in [5, 5.41) is 6.86. The van der Waals surface area contributed by atoms with Gasteiger partial charge in [0, 0.05) is 34.1 Å². The normalized spacial score (nSPS) is 21.7. The van der Waals surface area contributed by atoms with E-state index in [0.717, 1.165) is 30.6 Å². The van der Waals surface area contributed by atoms with Crippen molar-refractivity contribution in [2.24, 2.45) is 11.8 Å². The summed E-state index contributed by atoms with van der Waals surface area (Å²) in [4.78, 5) is 15.2. The van der Waals surface area contributed by atoms with Crippen LogP contribution in [0.5, 0.6) is 0 Å². The number of hydrogen-bond acceptors (Lipinski definition) is 3. The summed E-state index contributed by atoms with van der Waals surface area (Å²) in [7, 11) is 0. The number of amides is 1. The van der Waals surface area contributed by atoms with E-state index in [9.17, 15) is 9.18 Å². The standard InChI is InChI=1S/C28H29FN2OS/c1-18-2-12-26(33-18)17-30-28-21-6-7-22(28)15-23-16-25(11-8-20(23)14-21)31-27(32)13-5-19-3-9-24(29)10-4-19/h2-5,8-13,16,21-22,28,30H,6-7,14-15,17H2,1H3,(H,31,32)/b13-5+/t21-,22+,28+/m0/s1. The summed E-state index contributed by atoms with van der Waals surface area (Å²) in [6.07, 6.45) is 7.91. The van der Waals surface area contributed by atoms with Gasteiger partial charge in [-0.05, 0) is 104 Å². The molecule has 2 bridgehead atoms. The number of anilines is 1. The molecule has 1 aromatic heterocycles. The van der Waals surface area contributed by atoms with Crippen molar-refractivity contribution in [2.45, 2.75) is 45.2 Å². The van der Waals surface area contributed by atoms with Crippen molar-refractivity contribution in [1.82, 2.24) is 5.32 Å². The first-order valence-corrected chi connectivity index (χ1v) is 12.5. The lowest BCUT2D eigenvalue weighted by atomic mass is 9.93. The van der Waals surface area contributed by atoms with E-state index in [2.05, 4.69) is 41.8 Å². The van der Waals surface area contributed by atoms with Gasteiger partial charge in [-0.25, -0.2) is 4.39 Å². The van der Waals surface area contributed by atoms with Gasteiger partial charge in [-0.15, -0.1) is 11.3 Å². The molecule has 0 aliphatic heterocycles. The number of aryl methyl sites for hydroxylation is 1. The van der Waals surface area contributed by atoms with Gasteiger partial charge in [0.05, 0.1) is 0 Å². The predicted octanol–water partition coefficient (Wildman–Crippen LogP) is 6.13. The van der Waals surface area contributed by atoms with Crippen LogP contribution in [0.4, 0.5) is 10.1 Å². The van der Waals surface area contributed by atoms with E-state index in [1.165, 1.54) is 51.9 Å². The fourth-order valence-electron chi connectivity index (χ4n) is 5.35. The van der Waals surface area contributed by atoms with Crippen LogP contribution in [0.3, 0.4) is 0 Å². The third-order valence-corrected chi connectivity index (χ3v) is 7.97. The van der Waals surface area contributed by atoms with Gasteiger partial charge < -0.3 is 10.6 Å². The maximum absolute atomic E-state index is 13.0. The van der Waals surface area contributed by atoms with E-state index in [1.54, 1.807) is 18.2 Å². The van der Waals surface area contributed by atoms with Gasteiger partial charge in [-0.3, -0.25) is 4.79 Å². The zero-order valence-corrected chi connectivity index (χ0v) is 19.6. The summed E-state index contributed by atoms with van der Waals surface area (Å²) >= 11 is 1.88. The molecule has 1 fully saturated rings. The SMILES string of the molecule is Cc1ccc(CN[C@H]2[C@@H]3CC[C@H]2Cc2ccc(NC(=O)/C=C/c4ccc(F)cc4)cc2C3)s1. The molecule has 170 valence electrons. The number of carbonyl (C=O) groups is 1. The number of hydrogen-bond donors (Lipinski definition) is 2. The van der Waals surface area contributed by atoms with Crippen molar-refractivity contribution in [1.29, 1.82) is 0 Å². The Balaban J connectivity index is 1.23. The van der Waals surface area contributed by atoms with Gasteiger partial charge in [-0.1, -0.05) is 18.2 Å². The van der Waals surface area contributed by atoms with Gasteiger partial charge >= 0.3 is 0 Å². The number of halogens is 1. The van der Waals surface area contributed by atoms with E-state index in [-0.39, 0.29) is 11.7 Å². The number of rotatable bonds is 6. The summed E-state index contributed by atoms with van der Waals surface area (Å²) in [6, 6.07) is 17.4. The molecule has 0 radical (unpaired) electrons. The lowest BCUT2D eigenvalue weighted by molar-refractivity contribution is -0.111. The Kier molecular flexibility index (Phi) is 6.43. The minimum Gasteiger partial charge on any atom is -0.323 e. The van der Waals surface area contributed by atoms with Crippen LogP contribution in [0, 0.1) is 24.6 Å². The van der Waals surface area contributed by atoms with Crippen LogP contribution in [-0.4, -0.2) is 11.9 Å². The highest BCUT2D eigenvalue weighted by Gasteiger charge is 2.38. The molecule has 1 amide bonds. The first-order chi connectivity index (χ1) is 16.0. The Labute approximate surface area is 198 Å². The maximum Gasteiger partial charge on any atom is 0.248 e. The number of benzene rings is 2. The van der Waals surface area contributed by atoms with Crippen molar-refractivity contribution < 1.29 is 9.18 Å². The quantitative estimate of drug-likeness (QED) is 0.435. The molecule has 2 aliphatic rings. The number of nitrogens with one attached hydrogen (secondary N) is 2. The van der Waals surface area contributed by atoms with Crippen molar-refractivity contribution >= 4 is 29.0 Å². The largest absolute Gasteiger partial charge is 0.323 e. The zero-order valence-electron chi connectivity index (χ0n) is 18.8. The molecule has 5 heteroatoms. The molecule has 1 saturated carbocycles. The second-order valence-electron chi connectivity index (χ2n) is 9.28. The van der Waals surface area contributed by atoms with E-state index >= 15 is 0 Å². The van der Waals surface area contributed by atoms with Crippen LogP contribution >= 0.6 is 11.3 Å². The average molecular weight is 461 g/mol. The van der Waals surface area contributed by atoms with Gasteiger partial charge in [0.2, 0.25) is 5.91 Å². The lowest BCUT2D eigenvalue weighted by Gasteiger charge is -2.23. The second kappa shape index (κ2) is 9.62. The molecule has 3 nitrogen and oxygen atoms in total. The van der Waals surface area contributed by atoms with Crippen LogP contribution in [-0.2, 0) is 24.2 Å². The Morgan fingerprint density at radius 3 is 2.52 bits per heavy atom. The first kappa shape index (κ1) is 22.1. The Hall–Kier alpha value is -2.76. The fraction of sp³-hybridized carbons (Fsp3) is 0.321. The smallest absolute Gasteiger partial charge is 0.248 e. The number of fused-ring (bicyclic) bond motifs is 3. The predicted molar refractivity (Wildman–Crippen MR) is 134 cm³/mol. The van der Waals surface area contributed by atoms with E-state index < -0.39 is 0 Å². The molecule has 0 spiro atoms. The molecule has 1 heterocycles. The van der Waals surface area contributed by atoms with Gasteiger partial charge in [-0.2, -0.15) is 0 Å². The van der Waals surface area contributed by atoms with E-state index in [0.29, 0.717) is 17.9 Å². The Bertz CT molecular complexity index is 1170. The van der Waals surface area contributed by atoms with Crippen molar-refractivity contribution in [3.63, 3.8) is 0 Å². The van der Waals surface area contributed by atoms with Crippen LogP contribution in [0.25, 0.3) is 6.08 Å². The zero-order chi connectivity index (χ0) is 22.8. The summed E-state index contributed by atoms with van der Waals surface area (Å²) in [5.41, 5.74) is 4.40. The highest BCUT2D eigenvalue weighted by atomic mass is 32.1. The molecule has 0 saturated heterocycles. The lowest BCUT2D eigenvalue weighted by Crippen LogP contribution is -2.37. The third-order valence-electron chi connectivity index (χ3n) is 6.97. The van der Waals surface area contributed by atoms with Crippen LogP contribution < -0.4 is 10.6 Å². The average Bonchev–Trinajstić information content (AvgIpc) is 3.34. The van der Waals surface area contributed by atoms with Gasteiger partial charge in [0.15, 0.2) is 0 Å². The van der Waals surface area contributed by atoms with Crippen molar-refractivity contribution in [3.05, 3.63) is 92.9 Å². The minimum absolute atomic E-state index is 0.180. The molecule has 3 aromatic rings. The third kappa shape index (κ3) is 5.26. The van der Waals surface area contributed by atoms with Crippen LogP contribution in [0.2, 0.25) is 0 Å². The van der Waals surface area contributed by atoms with Crippen LogP contribution in [0.1, 0.15) is 39.3 Å². The molecule has 5 rings (SSSR count). The Morgan fingerprint density at radius 1 is 1.03 bits per heavy atom. The number of carbonyl (C=O) groups excluding carboxylic acids is 1. The van der Waals surface area contributed by atoms with Crippen molar-refractivity contribution in [3.8, 4) is 0 Å². The van der Waals surface area contributed by atoms with Crippen LogP contribution in [0.15, 0.2) is 60.7 Å². The molecule has 2 aromatic carbocycles. The highest BCUT2D eigenvalue weighted by Crippen LogP contribution is 2.41. The van der Waals surface area contributed by atoms with E-state index in [1.807, 2.05) is 17.4 Å². The molecule has 0 unspecified atom stereocenters. The molecular weight excluding hydrogens is 431 g/mol. The molecule has 2 N–H and O–H groups in total. The van der Waals surface area contributed by atoms with Gasteiger partial charge in [0.1, 0.15) is 5.82 Å². The fourth-order valence-corrected chi connectivity index (χ4v) is 6.19. The molecule has 3 atom stereocenters. The molecule has 33 heavy (non-hydrogen) atoms. The monoisotopic (exact) mass is 460 g/mol. The molecular formula is C28H29FN2OS. The van der Waals surface area contributed by atoms with Gasteiger partial charge in [0.25, 0.3) is 0 Å². The summed E-state index contributed by atoms with van der Waals surface area (Å²) in [6.45, 7) is 3.11. The highest BCUT2D eigenvalue weighted by molar-refractivity contribution is 7.11. The summed E-state index contributed by atoms with van der Waals surface area (Å²) in [5.74, 6) is 0.854. The Morgan fingerprint density at radius 2 is 1.79 bits per heavy atom. The summed E-state index contributed by atoms with van der Waals surface area (Å²) < 4.78 is 13.0. The first-order valence-electron chi connectivity index (χ1n) is 11.7. The topological polar surface area (TPSA) is 41.1 Å². The minimum atomic E-state index is -0.283. The van der Waals surface area contributed by atoms with Crippen molar-refractivity contribution in [2.75, 3.05) is 5.32 Å². The van der Waals surface area contributed by atoms with E-state index in [4.69, 9.17) is 0 Å². The second-order valence-corrected chi connectivity index (χ2v) is 10.7. The maximum atomic E-state index is 13.0. The molecule has 2 aliphatic carbocycles.